The molecule has 3 aliphatic rings. The maximum Gasteiger partial charge on any atom is 0.0409 e. The molecule has 2 aliphatic carbocycles. The first kappa shape index (κ1) is 14.9. The van der Waals surface area contributed by atoms with Gasteiger partial charge in [-0.15, -0.1) is 0 Å². The zero-order valence-corrected chi connectivity index (χ0v) is 14.7. The van der Waals surface area contributed by atoms with E-state index in [1.54, 1.807) is 0 Å². The van der Waals surface area contributed by atoms with Crippen molar-refractivity contribution in [3.05, 3.63) is 0 Å². The molecule has 2 saturated carbocycles. The summed E-state index contributed by atoms with van der Waals surface area (Å²) in [6.07, 6.45) is 5.70. The molecule has 1 aliphatic heterocycles. The van der Waals surface area contributed by atoms with Gasteiger partial charge < -0.3 is 5.32 Å². The molecule has 1 nitrogen and oxygen atoms in total. The molecule has 6 unspecified atom stereocenters. The largest absolute Gasteiger partial charge is 0.302 e. The summed E-state index contributed by atoms with van der Waals surface area (Å²) >= 11 is 0. The second kappa shape index (κ2) is 4.24. The summed E-state index contributed by atoms with van der Waals surface area (Å²) in [7, 11) is 0. The van der Waals surface area contributed by atoms with Gasteiger partial charge in [0.25, 0.3) is 0 Å². The molecule has 0 radical (unpaired) electrons. The third-order valence-corrected chi connectivity index (χ3v) is 7.01. The average Bonchev–Trinajstić information content (AvgIpc) is 2.83. The summed E-state index contributed by atoms with van der Waals surface area (Å²) in [6.45, 7) is 17.2. The molecule has 0 amide bonds. The number of hydrogen-bond acceptors (Lipinski definition) is 1. The molecule has 0 aromatic rings. The molecule has 116 valence electrons. The predicted octanol–water partition coefficient (Wildman–Crippen LogP) is 4.86. The molecular weight excluding hydrogens is 242 g/mol. The van der Waals surface area contributed by atoms with Gasteiger partial charge in [-0.05, 0) is 60.7 Å². The molecule has 20 heavy (non-hydrogen) atoms. The van der Waals surface area contributed by atoms with E-state index in [4.69, 9.17) is 0 Å². The summed E-state index contributed by atoms with van der Waals surface area (Å²) < 4.78 is 0. The zero-order chi connectivity index (χ0) is 14.9. The fraction of sp³-hybridized carbons (Fsp3) is 1.00. The normalized spacial score (nSPS) is 51.0. The minimum atomic E-state index is 0.448. The Bertz CT molecular complexity index is 393. The smallest absolute Gasteiger partial charge is 0.0409 e. The summed E-state index contributed by atoms with van der Waals surface area (Å²) in [6, 6.07) is 0. The molecule has 0 aromatic heterocycles. The van der Waals surface area contributed by atoms with Crippen molar-refractivity contribution in [2.24, 2.45) is 35.0 Å². The Hall–Kier alpha value is -0.0400. The Kier molecular flexibility index (Phi) is 3.16. The quantitative estimate of drug-likeness (QED) is 0.715. The highest BCUT2D eigenvalue weighted by Gasteiger charge is 2.84. The van der Waals surface area contributed by atoms with Gasteiger partial charge in [0.2, 0.25) is 0 Å². The third-order valence-electron chi connectivity index (χ3n) is 7.01. The van der Waals surface area contributed by atoms with E-state index in [0.29, 0.717) is 16.5 Å². The van der Waals surface area contributed by atoms with E-state index < -0.39 is 0 Å². The van der Waals surface area contributed by atoms with Crippen molar-refractivity contribution in [3.63, 3.8) is 0 Å². The van der Waals surface area contributed by atoms with Gasteiger partial charge in [-0.1, -0.05) is 48.5 Å². The third kappa shape index (κ3) is 1.77. The SMILES string of the molecule is CC(C)CC1C(C(C)(C)C)C23CCC(C)C(C)CC12N3. The second-order valence-corrected chi connectivity index (χ2v) is 9.84. The summed E-state index contributed by atoms with van der Waals surface area (Å²) in [5.41, 5.74) is 1.49. The van der Waals surface area contributed by atoms with E-state index in [-0.39, 0.29) is 0 Å². The lowest BCUT2D eigenvalue weighted by Crippen LogP contribution is -2.60. The van der Waals surface area contributed by atoms with Gasteiger partial charge in [-0.3, -0.25) is 0 Å². The maximum atomic E-state index is 4.10. The van der Waals surface area contributed by atoms with E-state index in [1.165, 1.54) is 25.7 Å². The molecule has 0 aromatic carbocycles. The van der Waals surface area contributed by atoms with Gasteiger partial charge in [0.15, 0.2) is 0 Å². The van der Waals surface area contributed by atoms with Gasteiger partial charge in [0.05, 0.1) is 0 Å². The van der Waals surface area contributed by atoms with E-state index in [2.05, 4.69) is 53.8 Å². The number of hydrogen-bond donors (Lipinski definition) is 1. The van der Waals surface area contributed by atoms with Crippen molar-refractivity contribution in [2.45, 2.75) is 85.2 Å². The van der Waals surface area contributed by atoms with E-state index in [9.17, 15) is 0 Å². The molecule has 1 heterocycles. The van der Waals surface area contributed by atoms with Crippen LogP contribution in [0.1, 0.15) is 74.1 Å². The van der Waals surface area contributed by atoms with Crippen molar-refractivity contribution >= 4 is 0 Å². The van der Waals surface area contributed by atoms with Crippen molar-refractivity contribution in [1.29, 1.82) is 0 Å². The minimum absolute atomic E-state index is 0.448. The Labute approximate surface area is 126 Å². The molecule has 0 bridgehead atoms. The van der Waals surface area contributed by atoms with Crippen LogP contribution >= 0.6 is 0 Å². The molecule has 3 rings (SSSR count). The van der Waals surface area contributed by atoms with Crippen LogP contribution < -0.4 is 5.32 Å². The molecule has 1 saturated heterocycles. The van der Waals surface area contributed by atoms with Crippen LogP contribution in [0.4, 0.5) is 0 Å². The molecular formula is C19H35N. The highest BCUT2D eigenvalue weighted by Crippen LogP contribution is 2.74. The van der Waals surface area contributed by atoms with Crippen LogP contribution in [0.5, 0.6) is 0 Å². The van der Waals surface area contributed by atoms with E-state index in [0.717, 1.165) is 29.6 Å². The Morgan fingerprint density at radius 1 is 1.10 bits per heavy atom. The fourth-order valence-electron chi connectivity index (χ4n) is 6.14. The average molecular weight is 277 g/mol. The maximum absolute atomic E-state index is 4.10. The minimum Gasteiger partial charge on any atom is -0.302 e. The van der Waals surface area contributed by atoms with Gasteiger partial charge in [0.1, 0.15) is 0 Å². The van der Waals surface area contributed by atoms with Crippen molar-refractivity contribution in [3.8, 4) is 0 Å². The second-order valence-electron chi connectivity index (χ2n) is 9.84. The van der Waals surface area contributed by atoms with Gasteiger partial charge >= 0.3 is 0 Å². The monoisotopic (exact) mass is 277 g/mol. The number of nitrogens with one attached hydrogen (secondary N) is 1. The lowest BCUT2D eigenvalue weighted by atomic mass is 9.46. The fourth-order valence-corrected chi connectivity index (χ4v) is 6.14. The van der Waals surface area contributed by atoms with Crippen LogP contribution in [0.3, 0.4) is 0 Å². The lowest BCUT2D eigenvalue weighted by Gasteiger charge is -2.55. The first-order chi connectivity index (χ1) is 9.14. The molecule has 1 N–H and O–H groups in total. The molecule has 6 atom stereocenters. The van der Waals surface area contributed by atoms with Crippen molar-refractivity contribution < 1.29 is 0 Å². The first-order valence-corrected chi connectivity index (χ1v) is 8.93. The summed E-state index contributed by atoms with van der Waals surface area (Å²) in [5.74, 6) is 4.43. The first-order valence-electron chi connectivity index (χ1n) is 8.93. The van der Waals surface area contributed by atoms with Crippen molar-refractivity contribution in [2.75, 3.05) is 0 Å². The van der Waals surface area contributed by atoms with Crippen LogP contribution in [0, 0.1) is 35.0 Å². The molecule has 0 spiro atoms. The van der Waals surface area contributed by atoms with Crippen LogP contribution in [-0.4, -0.2) is 11.1 Å². The summed E-state index contributed by atoms with van der Waals surface area (Å²) in [5, 5.41) is 4.10. The Balaban J connectivity index is 1.90. The summed E-state index contributed by atoms with van der Waals surface area (Å²) in [4.78, 5) is 0. The van der Waals surface area contributed by atoms with E-state index in [1.807, 2.05) is 0 Å². The highest BCUT2D eigenvalue weighted by atomic mass is 15.4. The predicted molar refractivity (Wildman–Crippen MR) is 86.7 cm³/mol. The van der Waals surface area contributed by atoms with Gasteiger partial charge in [-0.2, -0.15) is 0 Å². The number of rotatable bonds is 2. The molecule has 3 fully saturated rings. The zero-order valence-electron chi connectivity index (χ0n) is 14.7. The van der Waals surface area contributed by atoms with Crippen LogP contribution in [0.25, 0.3) is 0 Å². The van der Waals surface area contributed by atoms with Crippen LogP contribution in [-0.2, 0) is 0 Å². The Morgan fingerprint density at radius 3 is 2.30 bits per heavy atom. The lowest BCUT2D eigenvalue weighted by molar-refractivity contribution is -0.0176. The van der Waals surface area contributed by atoms with Crippen molar-refractivity contribution in [1.82, 2.24) is 5.32 Å². The Morgan fingerprint density at radius 2 is 1.75 bits per heavy atom. The van der Waals surface area contributed by atoms with Crippen LogP contribution in [0.15, 0.2) is 0 Å². The topological polar surface area (TPSA) is 21.9 Å². The van der Waals surface area contributed by atoms with Gasteiger partial charge in [0, 0.05) is 11.1 Å². The standard InChI is InChI=1S/C19H35N/c1-12(2)10-15-16(17(5,6)7)18-9-8-13(3)14(4)11-19(15,18)20-18/h12-16,20H,8-11H2,1-7H3. The van der Waals surface area contributed by atoms with Gasteiger partial charge in [-0.25, -0.2) is 0 Å². The van der Waals surface area contributed by atoms with E-state index >= 15 is 0 Å². The van der Waals surface area contributed by atoms with Crippen LogP contribution in [0.2, 0.25) is 0 Å². The molecule has 1 heteroatoms. The highest BCUT2D eigenvalue weighted by molar-refractivity contribution is 5.42.